The Morgan fingerprint density at radius 3 is 2.82 bits per heavy atom. The molecule has 1 aromatic carbocycles. The molecule has 5 heteroatoms. The number of amides is 2. The van der Waals surface area contributed by atoms with E-state index in [-0.39, 0.29) is 6.03 Å². The number of hydrogen-bond acceptors (Lipinski definition) is 3. The van der Waals surface area contributed by atoms with Crippen molar-refractivity contribution in [2.24, 2.45) is 0 Å². The molecule has 5 nitrogen and oxygen atoms in total. The lowest BCUT2D eigenvalue weighted by molar-refractivity contribution is 0.251. The average Bonchev–Trinajstić information content (AvgIpc) is 2.39. The summed E-state index contributed by atoms with van der Waals surface area (Å²) in [7, 11) is 0. The van der Waals surface area contributed by atoms with Crippen molar-refractivity contribution < 1.29 is 4.79 Å². The maximum atomic E-state index is 11.2. The predicted molar refractivity (Wildman–Crippen MR) is 67.4 cm³/mol. The molecular formula is C12H16N4O. The van der Waals surface area contributed by atoms with Crippen LogP contribution >= 0.6 is 0 Å². The number of hydrogen-bond donors (Lipinski definition) is 3. The minimum absolute atomic E-state index is 0.118. The predicted octanol–water partition coefficient (Wildman–Crippen LogP) is 0.731. The second kappa shape index (κ2) is 4.25. The average molecular weight is 232 g/mol. The fourth-order valence-corrected chi connectivity index (χ4v) is 2.31. The second-order valence-corrected chi connectivity index (χ2v) is 4.39. The fraction of sp³-hybridized carbons (Fsp3) is 0.417. The molecular weight excluding hydrogens is 216 g/mol. The standard InChI is InChI=1S/C12H16N4O/c17-12-14-8-9-7-10(1-2-11(9)15-12)16-5-3-13-4-6-16/h1-2,7,13H,3-6,8H2,(H2,14,15,17). The van der Waals surface area contributed by atoms with Crippen molar-refractivity contribution >= 4 is 17.4 Å². The Morgan fingerprint density at radius 1 is 1.18 bits per heavy atom. The quantitative estimate of drug-likeness (QED) is 0.669. The first-order valence-corrected chi connectivity index (χ1v) is 5.96. The van der Waals surface area contributed by atoms with Gasteiger partial charge in [0, 0.05) is 44.1 Å². The van der Waals surface area contributed by atoms with Crippen LogP contribution in [0, 0.1) is 0 Å². The zero-order valence-corrected chi connectivity index (χ0v) is 9.62. The molecule has 0 unspecified atom stereocenters. The van der Waals surface area contributed by atoms with Gasteiger partial charge in [0.05, 0.1) is 0 Å². The number of carbonyl (C=O) groups is 1. The molecule has 3 rings (SSSR count). The van der Waals surface area contributed by atoms with Crippen molar-refractivity contribution in [3.63, 3.8) is 0 Å². The van der Waals surface area contributed by atoms with Gasteiger partial charge in [-0.25, -0.2) is 4.79 Å². The van der Waals surface area contributed by atoms with E-state index in [9.17, 15) is 4.79 Å². The fourth-order valence-electron chi connectivity index (χ4n) is 2.31. The number of urea groups is 1. The van der Waals surface area contributed by atoms with Crippen LogP contribution in [0.2, 0.25) is 0 Å². The van der Waals surface area contributed by atoms with Gasteiger partial charge in [0.1, 0.15) is 0 Å². The highest BCUT2D eigenvalue weighted by molar-refractivity contribution is 5.92. The summed E-state index contributed by atoms with van der Waals surface area (Å²) in [5, 5.41) is 8.94. The summed E-state index contributed by atoms with van der Waals surface area (Å²) in [4.78, 5) is 13.5. The molecule has 0 aromatic heterocycles. The molecule has 0 aliphatic carbocycles. The van der Waals surface area contributed by atoms with Crippen LogP contribution in [0.3, 0.4) is 0 Å². The number of rotatable bonds is 1. The van der Waals surface area contributed by atoms with Crippen LogP contribution < -0.4 is 20.9 Å². The SMILES string of the molecule is O=C1NCc2cc(N3CCNCC3)ccc2N1. The topological polar surface area (TPSA) is 56.4 Å². The first-order chi connectivity index (χ1) is 8.33. The van der Waals surface area contributed by atoms with Crippen LogP contribution in [0.1, 0.15) is 5.56 Å². The Balaban J connectivity index is 1.85. The minimum atomic E-state index is -0.118. The minimum Gasteiger partial charge on any atom is -0.369 e. The summed E-state index contributed by atoms with van der Waals surface area (Å²) in [5.41, 5.74) is 3.32. The summed E-state index contributed by atoms with van der Waals surface area (Å²) in [6, 6.07) is 6.11. The molecule has 0 bridgehead atoms. The van der Waals surface area contributed by atoms with Gasteiger partial charge < -0.3 is 20.9 Å². The zero-order valence-electron chi connectivity index (χ0n) is 9.62. The van der Waals surface area contributed by atoms with Crippen LogP contribution in [0.25, 0.3) is 0 Å². The first kappa shape index (κ1) is 10.4. The van der Waals surface area contributed by atoms with E-state index in [0.717, 1.165) is 37.4 Å². The van der Waals surface area contributed by atoms with Gasteiger partial charge in [0.15, 0.2) is 0 Å². The molecule has 0 atom stereocenters. The third-order valence-electron chi connectivity index (χ3n) is 3.26. The highest BCUT2D eigenvalue weighted by Gasteiger charge is 2.16. The highest BCUT2D eigenvalue weighted by atomic mass is 16.2. The van der Waals surface area contributed by atoms with Crippen molar-refractivity contribution in [3.05, 3.63) is 23.8 Å². The molecule has 0 saturated carbocycles. The zero-order chi connectivity index (χ0) is 11.7. The monoisotopic (exact) mass is 232 g/mol. The lowest BCUT2D eigenvalue weighted by Crippen LogP contribution is -2.43. The number of anilines is 2. The molecule has 2 aliphatic heterocycles. The Morgan fingerprint density at radius 2 is 2.00 bits per heavy atom. The molecule has 2 amide bonds. The normalized spacial score (nSPS) is 19.3. The number of nitrogens with one attached hydrogen (secondary N) is 3. The van der Waals surface area contributed by atoms with Gasteiger partial charge in [-0.2, -0.15) is 0 Å². The first-order valence-electron chi connectivity index (χ1n) is 5.96. The van der Waals surface area contributed by atoms with E-state index in [1.54, 1.807) is 0 Å². The molecule has 0 radical (unpaired) electrons. The van der Waals surface area contributed by atoms with Gasteiger partial charge in [-0.05, 0) is 23.8 Å². The van der Waals surface area contributed by atoms with Crippen molar-refractivity contribution in [2.45, 2.75) is 6.54 Å². The van der Waals surface area contributed by atoms with Gasteiger partial charge in [-0.3, -0.25) is 0 Å². The third-order valence-corrected chi connectivity index (χ3v) is 3.26. The molecule has 0 spiro atoms. The van der Waals surface area contributed by atoms with E-state index >= 15 is 0 Å². The van der Waals surface area contributed by atoms with E-state index in [4.69, 9.17) is 0 Å². The molecule has 1 aromatic rings. The van der Waals surface area contributed by atoms with Gasteiger partial charge in [-0.15, -0.1) is 0 Å². The highest BCUT2D eigenvalue weighted by Crippen LogP contribution is 2.25. The number of benzene rings is 1. The summed E-state index contributed by atoms with van der Waals surface area (Å²) < 4.78 is 0. The molecule has 1 saturated heterocycles. The summed E-state index contributed by atoms with van der Waals surface area (Å²) in [5.74, 6) is 0. The lowest BCUT2D eigenvalue weighted by atomic mass is 10.1. The van der Waals surface area contributed by atoms with Crippen molar-refractivity contribution in [1.29, 1.82) is 0 Å². The van der Waals surface area contributed by atoms with Crippen molar-refractivity contribution in [1.82, 2.24) is 10.6 Å². The molecule has 2 aliphatic rings. The number of carbonyl (C=O) groups excluding carboxylic acids is 1. The Bertz CT molecular complexity index is 440. The van der Waals surface area contributed by atoms with Gasteiger partial charge >= 0.3 is 6.03 Å². The number of fused-ring (bicyclic) bond motifs is 1. The Labute approximate surface area is 100 Å². The molecule has 90 valence electrons. The van der Waals surface area contributed by atoms with Crippen LogP contribution in [0.15, 0.2) is 18.2 Å². The van der Waals surface area contributed by atoms with E-state index in [1.807, 2.05) is 6.07 Å². The summed E-state index contributed by atoms with van der Waals surface area (Å²) in [6.07, 6.45) is 0. The molecule has 2 heterocycles. The van der Waals surface area contributed by atoms with Gasteiger partial charge in [-0.1, -0.05) is 0 Å². The van der Waals surface area contributed by atoms with E-state index in [1.165, 1.54) is 5.69 Å². The van der Waals surface area contributed by atoms with Crippen LogP contribution in [-0.2, 0) is 6.54 Å². The maximum absolute atomic E-state index is 11.2. The van der Waals surface area contributed by atoms with Crippen LogP contribution in [0.4, 0.5) is 16.2 Å². The Kier molecular flexibility index (Phi) is 2.60. The largest absolute Gasteiger partial charge is 0.369 e. The molecule has 1 fully saturated rings. The second-order valence-electron chi connectivity index (χ2n) is 4.39. The smallest absolute Gasteiger partial charge is 0.319 e. The number of nitrogens with zero attached hydrogens (tertiary/aromatic N) is 1. The van der Waals surface area contributed by atoms with Crippen molar-refractivity contribution in [2.75, 3.05) is 36.4 Å². The van der Waals surface area contributed by atoms with E-state index < -0.39 is 0 Å². The van der Waals surface area contributed by atoms with Crippen LogP contribution in [-0.4, -0.2) is 32.2 Å². The van der Waals surface area contributed by atoms with Gasteiger partial charge in [0.2, 0.25) is 0 Å². The van der Waals surface area contributed by atoms with Crippen LogP contribution in [0.5, 0.6) is 0 Å². The van der Waals surface area contributed by atoms with Crippen molar-refractivity contribution in [3.8, 4) is 0 Å². The maximum Gasteiger partial charge on any atom is 0.319 e. The third kappa shape index (κ3) is 2.06. The summed E-state index contributed by atoms with van der Waals surface area (Å²) >= 11 is 0. The van der Waals surface area contributed by atoms with E-state index in [2.05, 4.69) is 33.0 Å². The summed E-state index contributed by atoms with van der Waals surface area (Å²) in [6.45, 7) is 4.76. The Hall–Kier alpha value is -1.75. The number of piperazine rings is 1. The molecule has 3 N–H and O–H groups in total. The van der Waals surface area contributed by atoms with Gasteiger partial charge in [0.25, 0.3) is 0 Å². The molecule has 17 heavy (non-hydrogen) atoms. The lowest BCUT2D eigenvalue weighted by Gasteiger charge is -2.30. The van der Waals surface area contributed by atoms with E-state index in [0.29, 0.717) is 6.54 Å².